The lowest BCUT2D eigenvalue weighted by Gasteiger charge is -2.11. The molecule has 0 atom stereocenters. The molecule has 26 heavy (non-hydrogen) atoms. The van der Waals surface area contributed by atoms with Gasteiger partial charge in [0.15, 0.2) is 6.61 Å². The normalized spacial score (nSPS) is 10.5. The Labute approximate surface area is 161 Å². The van der Waals surface area contributed by atoms with Gasteiger partial charge >= 0.3 is 0 Å². The maximum Gasteiger partial charge on any atom is 0.264 e. The topological polar surface area (TPSA) is 64.1 Å². The molecule has 134 valence electrons. The van der Waals surface area contributed by atoms with E-state index in [1.165, 1.54) is 11.5 Å². The highest BCUT2D eigenvalue weighted by Gasteiger charge is 2.11. The van der Waals surface area contributed by atoms with E-state index in [-0.39, 0.29) is 12.5 Å². The molecule has 0 aliphatic rings. The molecule has 0 unspecified atom stereocenters. The zero-order chi connectivity index (χ0) is 18.2. The molecule has 3 aromatic rings. The number of aromatic nitrogens is 2. The molecule has 2 aromatic carbocycles. The summed E-state index contributed by atoms with van der Waals surface area (Å²) in [6.45, 7) is 2.02. The summed E-state index contributed by atoms with van der Waals surface area (Å²) in [5, 5.41) is 3.93. The Balaban J connectivity index is 1.59. The quantitative estimate of drug-likeness (QED) is 0.568. The van der Waals surface area contributed by atoms with Crippen molar-refractivity contribution < 1.29 is 9.53 Å². The second kappa shape index (κ2) is 9.35. The average Bonchev–Trinajstić information content (AvgIpc) is 3.13. The number of para-hydroxylation sites is 1. The van der Waals surface area contributed by atoms with Gasteiger partial charge in [-0.25, -0.2) is 0 Å². The lowest BCUT2D eigenvalue weighted by atomic mass is 10.1. The number of amides is 1. The standard InChI is InChI=1S/C19H19N3O2S2/c1-2-12-25-19-21-18(26-22-19)20-17(23)13-24-16-11-7-6-10-15(16)14-8-4-3-5-9-14/h3-11H,2,12-13H2,1H3,(H,20,21,22,23). The molecular formula is C19H19N3O2S2. The Morgan fingerprint density at radius 2 is 1.92 bits per heavy atom. The number of ether oxygens (including phenoxy) is 1. The lowest BCUT2D eigenvalue weighted by molar-refractivity contribution is -0.118. The summed E-state index contributed by atoms with van der Waals surface area (Å²) in [5.41, 5.74) is 2.00. The van der Waals surface area contributed by atoms with Crippen LogP contribution in [0, 0.1) is 0 Å². The van der Waals surface area contributed by atoms with Crippen molar-refractivity contribution in [3.8, 4) is 16.9 Å². The molecule has 1 aromatic heterocycles. The summed E-state index contributed by atoms with van der Waals surface area (Å²) >= 11 is 2.76. The van der Waals surface area contributed by atoms with Gasteiger partial charge in [0.2, 0.25) is 10.3 Å². The minimum Gasteiger partial charge on any atom is -0.483 e. The van der Waals surface area contributed by atoms with E-state index in [9.17, 15) is 4.79 Å². The molecular weight excluding hydrogens is 366 g/mol. The fraction of sp³-hybridized carbons (Fsp3) is 0.211. The Hall–Kier alpha value is -2.38. The molecule has 0 spiro atoms. The third-order valence-electron chi connectivity index (χ3n) is 3.42. The molecule has 0 fully saturated rings. The molecule has 1 amide bonds. The van der Waals surface area contributed by atoms with Gasteiger partial charge in [-0.05, 0) is 18.1 Å². The van der Waals surface area contributed by atoms with E-state index in [1.807, 2.05) is 54.6 Å². The van der Waals surface area contributed by atoms with Gasteiger partial charge in [0.1, 0.15) is 5.75 Å². The van der Waals surface area contributed by atoms with Crippen molar-refractivity contribution in [1.82, 2.24) is 9.36 Å². The first kappa shape index (κ1) is 18.4. The van der Waals surface area contributed by atoms with E-state index < -0.39 is 0 Å². The summed E-state index contributed by atoms with van der Waals surface area (Å²) in [4.78, 5) is 16.4. The average molecular weight is 386 g/mol. The van der Waals surface area contributed by atoms with Gasteiger partial charge in [0.25, 0.3) is 5.91 Å². The molecule has 0 aliphatic heterocycles. The molecule has 1 heterocycles. The second-order valence-electron chi connectivity index (χ2n) is 5.43. The van der Waals surface area contributed by atoms with Gasteiger partial charge in [-0.3, -0.25) is 10.1 Å². The monoisotopic (exact) mass is 385 g/mol. The lowest BCUT2D eigenvalue weighted by Crippen LogP contribution is -2.20. The van der Waals surface area contributed by atoms with Crippen molar-refractivity contribution >= 4 is 34.3 Å². The molecule has 1 N–H and O–H groups in total. The molecule has 3 rings (SSSR count). The SMILES string of the molecule is CCCSc1nsc(NC(=O)COc2ccccc2-c2ccccc2)n1. The van der Waals surface area contributed by atoms with Crippen LogP contribution in [-0.2, 0) is 4.79 Å². The van der Waals surface area contributed by atoms with E-state index in [4.69, 9.17) is 4.74 Å². The summed E-state index contributed by atoms with van der Waals surface area (Å²) in [7, 11) is 0. The third-order valence-corrected chi connectivity index (χ3v) is 5.22. The van der Waals surface area contributed by atoms with E-state index in [0.29, 0.717) is 16.0 Å². The minimum atomic E-state index is -0.254. The predicted octanol–water partition coefficient (Wildman–Crippen LogP) is 4.72. The van der Waals surface area contributed by atoms with Gasteiger partial charge in [-0.15, -0.1) is 0 Å². The van der Waals surface area contributed by atoms with E-state index in [2.05, 4.69) is 21.6 Å². The van der Waals surface area contributed by atoms with Crippen LogP contribution in [0.5, 0.6) is 5.75 Å². The van der Waals surface area contributed by atoms with Gasteiger partial charge in [-0.1, -0.05) is 67.2 Å². The van der Waals surface area contributed by atoms with Crippen molar-refractivity contribution in [3.63, 3.8) is 0 Å². The number of hydrogen-bond donors (Lipinski definition) is 1. The number of thioether (sulfide) groups is 1. The summed E-state index contributed by atoms with van der Waals surface area (Å²) < 4.78 is 9.95. The van der Waals surface area contributed by atoms with Gasteiger partial charge < -0.3 is 4.74 Å². The molecule has 0 bridgehead atoms. The first-order valence-corrected chi connectivity index (χ1v) is 10.1. The number of carbonyl (C=O) groups excluding carboxylic acids is 1. The van der Waals surface area contributed by atoms with Crippen LogP contribution in [0.2, 0.25) is 0 Å². The number of nitrogens with one attached hydrogen (secondary N) is 1. The molecule has 0 saturated carbocycles. The fourth-order valence-electron chi connectivity index (χ4n) is 2.26. The first-order chi connectivity index (χ1) is 12.8. The van der Waals surface area contributed by atoms with Crippen LogP contribution in [0.1, 0.15) is 13.3 Å². The van der Waals surface area contributed by atoms with Gasteiger partial charge in [-0.2, -0.15) is 9.36 Å². The fourth-order valence-corrected chi connectivity index (χ4v) is 3.68. The van der Waals surface area contributed by atoms with Crippen LogP contribution in [0.25, 0.3) is 11.1 Å². The predicted molar refractivity (Wildman–Crippen MR) is 107 cm³/mol. The highest BCUT2D eigenvalue weighted by atomic mass is 32.2. The number of rotatable bonds is 8. The molecule has 0 radical (unpaired) electrons. The van der Waals surface area contributed by atoms with Crippen LogP contribution >= 0.6 is 23.3 Å². The van der Waals surface area contributed by atoms with Crippen molar-refractivity contribution in [2.45, 2.75) is 18.5 Å². The Kier molecular flexibility index (Phi) is 6.62. The van der Waals surface area contributed by atoms with Crippen LogP contribution in [-0.4, -0.2) is 27.6 Å². The molecule has 0 aliphatic carbocycles. The number of benzene rings is 2. The maximum absolute atomic E-state index is 12.2. The maximum atomic E-state index is 12.2. The van der Waals surface area contributed by atoms with E-state index in [1.54, 1.807) is 11.8 Å². The van der Waals surface area contributed by atoms with Crippen LogP contribution in [0.3, 0.4) is 0 Å². The highest BCUT2D eigenvalue weighted by molar-refractivity contribution is 7.99. The zero-order valence-electron chi connectivity index (χ0n) is 14.3. The molecule has 0 saturated heterocycles. The van der Waals surface area contributed by atoms with Crippen LogP contribution in [0.15, 0.2) is 59.8 Å². The molecule has 5 nitrogen and oxygen atoms in total. The highest BCUT2D eigenvalue weighted by Crippen LogP contribution is 2.29. The summed E-state index contributed by atoms with van der Waals surface area (Å²) in [6.07, 6.45) is 1.06. The Morgan fingerprint density at radius 3 is 2.73 bits per heavy atom. The second-order valence-corrected chi connectivity index (χ2v) is 7.24. The van der Waals surface area contributed by atoms with Crippen molar-refractivity contribution in [3.05, 3.63) is 54.6 Å². The van der Waals surface area contributed by atoms with Gasteiger partial charge in [0, 0.05) is 22.8 Å². The summed E-state index contributed by atoms with van der Waals surface area (Å²) in [5.74, 6) is 1.38. The summed E-state index contributed by atoms with van der Waals surface area (Å²) in [6, 6.07) is 17.6. The van der Waals surface area contributed by atoms with Crippen molar-refractivity contribution in [1.29, 1.82) is 0 Å². The molecule has 7 heteroatoms. The largest absolute Gasteiger partial charge is 0.483 e. The van der Waals surface area contributed by atoms with E-state index in [0.717, 1.165) is 23.3 Å². The third kappa shape index (κ3) is 5.06. The number of hydrogen-bond acceptors (Lipinski definition) is 6. The number of carbonyl (C=O) groups is 1. The van der Waals surface area contributed by atoms with Crippen LogP contribution in [0.4, 0.5) is 5.13 Å². The number of anilines is 1. The van der Waals surface area contributed by atoms with E-state index >= 15 is 0 Å². The smallest absolute Gasteiger partial charge is 0.264 e. The first-order valence-electron chi connectivity index (χ1n) is 8.30. The zero-order valence-corrected chi connectivity index (χ0v) is 16.0. The Morgan fingerprint density at radius 1 is 1.15 bits per heavy atom. The van der Waals surface area contributed by atoms with Crippen molar-refractivity contribution in [2.75, 3.05) is 17.7 Å². The van der Waals surface area contributed by atoms with Gasteiger partial charge in [0.05, 0.1) is 0 Å². The van der Waals surface area contributed by atoms with Crippen molar-refractivity contribution in [2.24, 2.45) is 0 Å². The number of nitrogens with zero attached hydrogens (tertiary/aromatic N) is 2. The minimum absolute atomic E-state index is 0.0825. The van der Waals surface area contributed by atoms with Crippen LogP contribution < -0.4 is 10.1 Å². The Bertz CT molecular complexity index is 853.